The normalized spacial score (nSPS) is 13.2. The van der Waals surface area contributed by atoms with Crippen LogP contribution >= 0.6 is 0 Å². The Morgan fingerprint density at radius 1 is 0.838 bits per heavy atom. The number of aromatic nitrogens is 3. The SMILES string of the molecule is Cc1ccc(Nc2nc(C)cc(Nc3ccc(NC(=O)c4ccc(OC5CCCC5)nc4)cc3)n2)cc1. The van der Waals surface area contributed by atoms with Gasteiger partial charge in [0.25, 0.3) is 5.91 Å². The van der Waals surface area contributed by atoms with Crippen LogP contribution in [0.25, 0.3) is 0 Å². The van der Waals surface area contributed by atoms with Crippen molar-refractivity contribution in [3.05, 3.63) is 89.7 Å². The number of carbonyl (C=O) groups is 1. The van der Waals surface area contributed by atoms with Gasteiger partial charge >= 0.3 is 0 Å². The molecule has 1 fully saturated rings. The molecule has 3 N–H and O–H groups in total. The van der Waals surface area contributed by atoms with E-state index < -0.39 is 0 Å². The van der Waals surface area contributed by atoms with Crippen molar-refractivity contribution in [1.82, 2.24) is 15.0 Å². The van der Waals surface area contributed by atoms with Gasteiger partial charge in [0.1, 0.15) is 11.9 Å². The summed E-state index contributed by atoms with van der Waals surface area (Å²) in [5.41, 5.74) is 4.95. The molecule has 0 bridgehead atoms. The van der Waals surface area contributed by atoms with Gasteiger partial charge in [0.2, 0.25) is 11.8 Å². The van der Waals surface area contributed by atoms with Crippen molar-refractivity contribution in [3.63, 3.8) is 0 Å². The Morgan fingerprint density at radius 3 is 2.22 bits per heavy atom. The largest absolute Gasteiger partial charge is 0.474 e. The average Bonchev–Trinajstić information content (AvgIpc) is 3.40. The number of pyridine rings is 1. The Hall–Kier alpha value is -4.46. The Labute approximate surface area is 216 Å². The van der Waals surface area contributed by atoms with Crippen molar-refractivity contribution in [1.29, 1.82) is 0 Å². The molecule has 37 heavy (non-hydrogen) atoms. The van der Waals surface area contributed by atoms with Gasteiger partial charge in [0.05, 0.1) is 5.56 Å². The summed E-state index contributed by atoms with van der Waals surface area (Å²) in [5, 5.41) is 9.45. The molecule has 1 aliphatic carbocycles. The molecule has 0 unspecified atom stereocenters. The van der Waals surface area contributed by atoms with Gasteiger partial charge in [0, 0.05) is 41.1 Å². The van der Waals surface area contributed by atoms with Gasteiger partial charge in [-0.05, 0) is 82.0 Å². The van der Waals surface area contributed by atoms with Crippen LogP contribution in [-0.4, -0.2) is 27.0 Å². The lowest BCUT2D eigenvalue weighted by atomic mass is 10.2. The zero-order chi connectivity index (χ0) is 25.6. The number of nitrogens with zero attached hydrogens (tertiary/aromatic N) is 3. The first-order chi connectivity index (χ1) is 18.0. The first-order valence-electron chi connectivity index (χ1n) is 12.5. The molecule has 0 spiro atoms. The number of hydrogen-bond donors (Lipinski definition) is 3. The van der Waals surface area contributed by atoms with Gasteiger partial charge in [-0.2, -0.15) is 4.98 Å². The average molecular weight is 495 g/mol. The highest BCUT2D eigenvalue weighted by Crippen LogP contribution is 2.24. The Bertz CT molecular complexity index is 1350. The summed E-state index contributed by atoms with van der Waals surface area (Å²) in [6, 6.07) is 20.9. The van der Waals surface area contributed by atoms with Gasteiger partial charge < -0.3 is 20.7 Å². The standard InChI is InChI=1S/C29H30N6O2/c1-19-7-10-24(11-8-19)34-29-31-20(2)17-26(35-29)32-22-12-14-23(15-13-22)33-28(36)21-9-16-27(30-18-21)37-25-5-3-4-6-25/h7-18,25H,3-6H2,1-2H3,(H,33,36)(H2,31,32,34,35). The van der Waals surface area contributed by atoms with E-state index in [9.17, 15) is 4.79 Å². The van der Waals surface area contributed by atoms with E-state index in [-0.39, 0.29) is 12.0 Å². The number of rotatable bonds is 8. The fourth-order valence-electron chi connectivity index (χ4n) is 4.20. The minimum atomic E-state index is -0.223. The topological polar surface area (TPSA) is 101 Å². The van der Waals surface area contributed by atoms with Gasteiger partial charge in [-0.1, -0.05) is 17.7 Å². The number of amides is 1. The molecule has 1 amide bonds. The minimum absolute atomic E-state index is 0.223. The molecular weight excluding hydrogens is 464 g/mol. The van der Waals surface area contributed by atoms with Crippen LogP contribution in [0.4, 0.5) is 28.8 Å². The summed E-state index contributed by atoms with van der Waals surface area (Å²) in [7, 11) is 0. The number of hydrogen-bond acceptors (Lipinski definition) is 7. The highest BCUT2D eigenvalue weighted by Gasteiger charge is 2.17. The summed E-state index contributed by atoms with van der Waals surface area (Å²) in [6.45, 7) is 3.97. The van der Waals surface area contributed by atoms with E-state index in [0.717, 1.165) is 29.9 Å². The third-order valence-corrected chi connectivity index (χ3v) is 6.17. The van der Waals surface area contributed by atoms with Crippen LogP contribution in [0.3, 0.4) is 0 Å². The van der Waals surface area contributed by atoms with Crippen LogP contribution < -0.4 is 20.7 Å². The summed E-state index contributed by atoms with van der Waals surface area (Å²) >= 11 is 0. The second-order valence-corrected chi connectivity index (χ2v) is 9.28. The van der Waals surface area contributed by atoms with Crippen molar-refractivity contribution in [2.24, 2.45) is 0 Å². The second kappa shape index (κ2) is 11.1. The molecular formula is C29H30N6O2. The molecule has 1 saturated carbocycles. The summed E-state index contributed by atoms with van der Waals surface area (Å²) in [6.07, 6.45) is 6.32. The molecule has 2 aromatic heterocycles. The third kappa shape index (κ3) is 6.61. The predicted molar refractivity (Wildman–Crippen MR) is 146 cm³/mol. The lowest BCUT2D eigenvalue weighted by Gasteiger charge is -2.12. The molecule has 8 nitrogen and oxygen atoms in total. The highest BCUT2D eigenvalue weighted by molar-refractivity contribution is 6.04. The summed E-state index contributed by atoms with van der Waals surface area (Å²) in [5.74, 6) is 1.53. The first-order valence-corrected chi connectivity index (χ1v) is 12.5. The van der Waals surface area contributed by atoms with E-state index >= 15 is 0 Å². The highest BCUT2D eigenvalue weighted by atomic mass is 16.5. The van der Waals surface area contributed by atoms with Crippen LogP contribution in [0.2, 0.25) is 0 Å². The first kappa shape index (κ1) is 24.2. The molecule has 2 heterocycles. The van der Waals surface area contributed by atoms with E-state index in [1.165, 1.54) is 18.4 Å². The van der Waals surface area contributed by atoms with Crippen LogP contribution in [0.5, 0.6) is 5.88 Å². The van der Waals surface area contributed by atoms with Crippen molar-refractivity contribution >= 4 is 34.7 Å². The van der Waals surface area contributed by atoms with Crippen LogP contribution in [0.15, 0.2) is 72.9 Å². The zero-order valence-corrected chi connectivity index (χ0v) is 21.0. The van der Waals surface area contributed by atoms with Crippen molar-refractivity contribution in [2.45, 2.75) is 45.6 Å². The number of benzene rings is 2. The lowest BCUT2D eigenvalue weighted by Crippen LogP contribution is -2.14. The quantitative estimate of drug-likeness (QED) is 0.255. The molecule has 188 valence electrons. The molecule has 0 radical (unpaired) electrons. The molecule has 0 saturated heterocycles. The third-order valence-electron chi connectivity index (χ3n) is 6.17. The minimum Gasteiger partial charge on any atom is -0.474 e. The van der Waals surface area contributed by atoms with E-state index in [1.54, 1.807) is 18.3 Å². The Morgan fingerprint density at radius 2 is 1.51 bits per heavy atom. The van der Waals surface area contributed by atoms with Crippen molar-refractivity contribution in [3.8, 4) is 5.88 Å². The maximum atomic E-state index is 12.7. The fraction of sp³-hybridized carbons (Fsp3) is 0.241. The Kier molecular flexibility index (Phi) is 7.26. The Balaban J connectivity index is 1.18. The van der Waals surface area contributed by atoms with E-state index in [0.29, 0.717) is 28.9 Å². The number of anilines is 5. The second-order valence-electron chi connectivity index (χ2n) is 9.28. The lowest BCUT2D eigenvalue weighted by molar-refractivity contribution is 0.102. The maximum absolute atomic E-state index is 12.7. The fourth-order valence-corrected chi connectivity index (χ4v) is 4.20. The number of ether oxygens (including phenoxy) is 1. The van der Waals surface area contributed by atoms with Crippen LogP contribution in [0, 0.1) is 13.8 Å². The van der Waals surface area contributed by atoms with Gasteiger partial charge in [-0.3, -0.25) is 4.79 Å². The molecule has 0 atom stereocenters. The van der Waals surface area contributed by atoms with Crippen LogP contribution in [0.1, 0.15) is 47.3 Å². The van der Waals surface area contributed by atoms with Crippen molar-refractivity contribution < 1.29 is 9.53 Å². The van der Waals surface area contributed by atoms with Gasteiger partial charge in [-0.15, -0.1) is 0 Å². The molecule has 1 aliphatic rings. The molecule has 4 aromatic rings. The number of aryl methyl sites for hydroxylation is 2. The van der Waals surface area contributed by atoms with Gasteiger partial charge in [0.15, 0.2) is 0 Å². The van der Waals surface area contributed by atoms with Crippen molar-refractivity contribution in [2.75, 3.05) is 16.0 Å². The summed E-state index contributed by atoms with van der Waals surface area (Å²) < 4.78 is 5.88. The van der Waals surface area contributed by atoms with E-state index in [4.69, 9.17) is 4.74 Å². The predicted octanol–water partition coefficient (Wildman–Crippen LogP) is 6.55. The molecule has 0 aliphatic heterocycles. The van der Waals surface area contributed by atoms with Crippen LogP contribution in [-0.2, 0) is 0 Å². The monoisotopic (exact) mass is 494 g/mol. The summed E-state index contributed by atoms with van der Waals surface area (Å²) in [4.78, 5) is 26.0. The van der Waals surface area contributed by atoms with E-state index in [2.05, 4.69) is 30.9 Å². The smallest absolute Gasteiger partial charge is 0.257 e. The maximum Gasteiger partial charge on any atom is 0.257 e. The zero-order valence-electron chi connectivity index (χ0n) is 21.0. The number of nitrogens with one attached hydrogen (secondary N) is 3. The molecule has 8 heteroatoms. The molecule has 5 rings (SSSR count). The van der Waals surface area contributed by atoms with Gasteiger partial charge in [-0.25, -0.2) is 9.97 Å². The number of carbonyl (C=O) groups excluding carboxylic acids is 1. The molecule has 2 aromatic carbocycles. The van der Waals surface area contributed by atoms with E-state index in [1.807, 2.05) is 68.4 Å².